The summed E-state index contributed by atoms with van der Waals surface area (Å²) in [4.78, 5) is 7.41. The minimum Gasteiger partial charge on any atom is -0.370 e. The van der Waals surface area contributed by atoms with Crippen LogP contribution in [0.25, 0.3) is 10.9 Å². The Kier molecular flexibility index (Phi) is 4.69. The summed E-state index contributed by atoms with van der Waals surface area (Å²) in [5.74, 6) is 0.450. The SMILES string of the molecule is C=C(C)CN=C(N)NCCc1c[nH]c2ccc(Cl)cc12. The third-order valence-electron chi connectivity index (χ3n) is 2.95. The van der Waals surface area contributed by atoms with Crippen LogP contribution in [0.4, 0.5) is 0 Å². The molecule has 0 saturated heterocycles. The molecule has 0 saturated carbocycles. The van der Waals surface area contributed by atoms with Gasteiger partial charge in [0.05, 0.1) is 6.54 Å². The van der Waals surface area contributed by atoms with Crippen molar-refractivity contribution >= 4 is 28.5 Å². The van der Waals surface area contributed by atoms with Gasteiger partial charge < -0.3 is 16.0 Å². The Balaban J connectivity index is 1.94. The number of fused-ring (bicyclic) bond motifs is 1. The van der Waals surface area contributed by atoms with Crippen LogP contribution in [0.2, 0.25) is 5.02 Å². The molecule has 4 nitrogen and oxygen atoms in total. The van der Waals surface area contributed by atoms with Crippen LogP contribution in [-0.2, 0) is 6.42 Å². The molecule has 4 N–H and O–H groups in total. The number of benzene rings is 1. The number of hydrogen-bond donors (Lipinski definition) is 3. The molecular weight excluding hydrogens is 272 g/mol. The van der Waals surface area contributed by atoms with Crippen molar-refractivity contribution in [1.82, 2.24) is 10.3 Å². The van der Waals surface area contributed by atoms with E-state index < -0.39 is 0 Å². The van der Waals surface area contributed by atoms with Crippen molar-refractivity contribution in [2.24, 2.45) is 10.7 Å². The fourth-order valence-electron chi connectivity index (χ4n) is 1.96. The first kappa shape index (κ1) is 14.5. The Bertz CT molecular complexity index is 642. The van der Waals surface area contributed by atoms with Gasteiger partial charge >= 0.3 is 0 Å². The average molecular weight is 291 g/mol. The van der Waals surface area contributed by atoms with Crippen molar-refractivity contribution < 1.29 is 0 Å². The molecule has 20 heavy (non-hydrogen) atoms. The van der Waals surface area contributed by atoms with Crippen LogP contribution in [0.5, 0.6) is 0 Å². The molecule has 0 aliphatic carbocycles. The van der Waals surface area contributed by atoms with E-state index in [1.54, 1.807) is 0 Å². The topological polar surface area (TPSA) is 66.2 Å². The lowest BCUT2D eigenvalue weighted by Gasteiger charge is -2.05. The lowest BCUT2D eigenvalue weighted by molar-refractivity contribution is 0.856. The minimum absolute atomic E-state index is 0.450. The number of aromatic amines is 1. The van der Waals surface area contributed by atoms with Gasteiger partial charge in [-0.2, -0.15) is 0 Å². The second-order valence-electron chi connectivity index (χ2n) is 4.84. The van der Waals surface area contributed by atoms with Gasteiger partial charge in [0.2, 0.25) is 0 Å². The number of guanidine groups is 1. The number of nitrogens with one attached hydrogen (secondary N) is 2. The third kappa shape index (κ3) is 3.78. The van der Waals surface area contributed by atoms with Crippen LogP contribution in [0, 0.1) is 0 Å². The number of aliphatic imine (C=N–C) groups is 1. The van der Waals surface area contributed by atoms with Gasteiger partial charge in [0.25, 0.3) is 0 Å². The minimum atomic E-state index is 0.450. The van der Waals surface area contributed by atoms with E-state index in [0.29, 0.717) is 12.5 Å². The number of hydrogen-bond acceptors (Lipinski definition) is 1. The lowest BCUT2D eigenvalue weighted by atomic mass is 10.1. The van der Waals surface area contributed by atoms with E-state index in [0.717, 1.165) is 34.5 Å². The molecule has 106 valence electrons. The van der Waals surface area contributed by atoms with Gasteiger partial charge in [0.15, 0.2) is 5.96 Å². The van der Waals surface area contributed by atoms with Crippen LogP contribution in [0.3, 0.4) is 0 Å². The van der Waals surface area contributed by atoms with Gasteiger partial charge in [-0.15, -0.1) is 0 Å². The Hall–Kier alpha value is -1.94. The summed E-state index contributed by atoms with van der Waals surface area (Å²) in [7, 11) is 0. The molecule has 0 spiro atoms. The quantitative estimate of drug-likeness (QED) is 0.450. The molecule has 0 amide bonds. The van der Waals surface area contributed by atoms with E-state index in [2.05, 4.69) is 21.9 Å². The van der Waals surface area contributed by atoms with Gasteiger partial charge in [-0.25, -0.2) is 4.99 Å². The Labute approximate surface area is 123 Å². The van der Waals surface area contributed by atoms with Gasteiger partial charge in [-0.05, 0) is 37.1 Å². The second-order valence-corrected chi connectivity index (χ2v) is 5.28. The van der Waals surface area contributed by atoms with Crippen LogP contribution in [0.15, 0.2) is 41.5 Å². The van der Waals surface area contributed by atoms with Crippen LogP contribution < -0.4 is 11.1 Å². The number of H-pyrrole nitrogens is 1. The zero-order chi connectivity index (χ0) is 14.5. The molecule has 0 fully saturated rings. The molecule has 1 aromatic carbocycles. The van der Waals surface area contributed by atoms with Crippen LogP contribution in [0.1, 0.15) is 12.5 Å². The molecule has 2 aromatic rings. The molecule has 0 atom stereocenters. The van der Waals surface area contributed by atoms with Gasteiger partial charge in [-0.1, -0.05) is 23.8 Å². The van der Waals surface area contributed by atoms with E-state index >= 15 is 0 Å². The third-order valence-corrected chi connectivity index (χ3v) is 3.18. The molecule has 1 aromatic heterocycles. The van der Waals surface area contributed by atoms with Crippen molar-refractivity contribution in [2.45, 2.75) is 13.3 Å². The van der Waals surface area contributed by atoms with E-state index in [1.165, 1.54) is 5.56 Å². The fraction of sp³-hybridized carbons (Fsp3) is 0.267. The summed E-state index contributed by atoms with van der Waals surface area (Å²) in [6.07, 6.45) is 2.85. The summed E-state index contributed by atoms with van der Waals surface area (Å²) < 4.78 is 0. The highest BCUT2D eigenvalue weighted by Crippen LogP contribution is 2.22. The summed E-state index contributed by atoms with van der Waals surface area (Å²) >= 11 is 6.03. The predicted molar refractivity (Wildman–Crippen MR) is 86.3 cm³/mol. The molecule has 1 heterocycles. The van der Waals surface area contributed by atoms with Crippen molar-refractivity contribution in [1.29, 1.82) is 0 Å². The van der Waals surface area contributed by atoms with Crippen molar-refractivity contribution in [3.8, 4) is 0 Å². The zero-order valence-electron chi connectivity index (χ0n) is 11.5. The number of aromatic nitrogens is 1. The van der Waals surface area contributed by atoms with E-state index in [1.807, 2.05) is 31.3 Å². The van der Waals surface area contributed by atoms with Gasteiger partial charge in [0.1, 0.15) is 0 Å². The molecule has 5 heteroatoms. The number of nitrogens with zero attached hydrogens (tertiary/aromatic N) is 1. The monoisotopic (exact) mass is 290 g/mol. The predicted octanol–water partition coefficient (Wildman–Crippen LogP) is 2.84. The molecular formula is C15H19ClN4. The van der Waals surface area contributed by atoms with E-state index in [-0.39, 0.29) is 0 Å². The summed E-state index contributed by atoms with van der Waals surface area (Å²) in [5.41, 5.74) is 9.06. The maximum atomic E-state index is 6.03. The van der Waals surface area contributed by atoms with Gasteiger partial charge in [0, 0.05) is 28.7 Å². The van der Waals surface area contributed by atoms with E-state index in [9.17, 15) is 0 Å². The highest BCUT2D eigenvalue weighted by molar-refractivity contribution is 6.31. The number of halogens is 1. The summed E-state index contributed by atoms with van der Waals surface area (Å²) in [5, 5.41) is 4.99. The zero-order valence-corrected chi connectivity index (χ0v) is 12.3. The summed E-state index contributed by atoms with van der Waals surface area (Å²) in [6, 6.07) is 5.84. The smallest absolute Gasteiger partial charge is 0.188 e. The molecule has 2 rings (SSSR count). The first-order valence-electron chi connectivity index (χ1n) is 6.50. The molecule has 0 unspecified atom stereocenters. The molecule has 0 aliphatic rings. The second kappa shape index (κ2) is 6.48. The first-order chi connectivity index (χ1) is 9.56. The average Bonchev–Trinajstić information content (AvgIpc) is 2.79. The fourth-order valence-corrected chi connectivity index (χ4v) is 2.13. The highest BCUT2D eigenvalue weighted by atomic mass is 35.5. The highest BCUT2D eigenvalue weighted by Gasteiger charge is 2.04. The van der Waals surface area contributed by atoms with Crippen LogP contribution >= 0.6 is 11.6 Å². The normalized spacial score (nSPS) is 11.8. The first-order valence-corrected chi connectivity index (χ1v) is 6.88. The largest absolute Gasteiger partial charge is 0.370 e. The van der Waals surface area contributed by atoms with Crippen LogP contribution in [-0.4, -0.2) is 24.0 Å². The summed E-state index contributed by atoms with van der Waals surface area (Å²) in [6.45, 7) is 6.99. The van der Waals surface area contributed by atoms with Crippen molar-refractivity contribution in [3.05, 3.63) is 47.1 Å². The molecule has 0 bridgehead atoms. The lowest BCUT2D eigenvalue weighted by Crippen LogP contribution is -2.33. The maximum absolute atomic E-state index is 6.03. The maximum Gasteiger partial charge on any atom is 0.188 e. The van der Waals surface area contributed by atoms with Crippen molar-refractivity contribution in [2.75, 3.05) is 13.1 Å². The number of rotatable bonds is 5. The Morgan fingerprint density at radius 1 is 1.50 bits per heavy atom. The number of nitrogens with two attached hydrogens (primary N) is 1. The Morgan fingerprint density at radius 2 is 2.30 bits per heavy atom. The van der Waals surface area contributed by atoms with Crippen molar-refractivity contribution in [3.63, 3.8) is 0 Å². The Morgan fingerprint density at radius 3 is 3.05 bits per heavy atom. The van der Waals surface area contributed by atoms with E-state index in [4.69, 9.17) is 17.3 Å². The van der Waals surface area contributed by atoms with Gasteiger partial charge in [-0.3, -0.25) is 0 Å². The standard InChI is InChI=1S/C15H19ClN4/c1-10(2)8-20-15(17)18-6-5-11-9-19-14-4-3-12(16)7-13(11)14/h3-4,7,9,19H,1,5-6,8H2,2H3,(H3,17,18,20). The molecule has 0 aliphatic heterocycles. The molecule has 0 radical (unpaired) electrons.